The molecule has 1 aromatic carbocycles. The van der Waals surface area contributed by atoms with Crippen molar-refractivity contribution in [2.24, 2.45) is 11.0 Å². The maximum atomic E-state index is 14.1. The third-order valence-electron chi connectivity index (χ3n) is 5.81. The fraction of sp³-hybridized carbons (Fsp3) is 0.542. The van der Waals surface area contributed by atoms with Crippen LogP contribution >= 0.6 is 7.75 Å². The number of rotatable bonds is 13. The van der Waals surface area contributed by atoms with Gasteiger partial charge in [0.1, 0.15) is 29.8 Å². The van der Waals surface area contributed by atoms with Gasteiger partial charge in [-0.25, -0.2) is 9.36 Å². The Morgan fingerprint density at radius 2 is 1.98 bits per heavy atom. The van der Waals surface area contributed by atoms with E-state index in [9.17, 15) is 29.9 Å². The SMILES string of the molecule is CC(C)C[C@H](NP(=O)(OCC1(N=[N+]=[N-])O[C@@H](n2ccc(N)nc2=O)[C@H](O)[C@@H]1O)Oc1ccccc1)C(=O)OC(C)C. The maximum Gasteiger partial charge on any atom is 0.459 e. The number of nitrogens with one attached hydrogen (secondary N) is 1. The Bertz CT molecular complexity index is 1350. The molecule has 224 valence electrons. The number of nitrogen functional groups attached to an aromatic ring is 1. The second-order valence-corrected chi connectivity index (χ2v) is 11.7. The van der Waals surface area contributed by atoms with E-state index in [-0.39, 0.29) is 23.9 Å². The van der Waals surface area contributed by atoms with Crippen LogP contribution in [-0.2, 0) is 23.4 Å². The molecule has 1 aliphatic rings. The van der Waals surface area contributed by atoms with Gasteiger partial charge < -0.3 is 29.9 Å². The minimum Gasteiger partial charge on any atom is -0.462 e. The van der Waals surface area contributed by atoms with Crippen LogP contribution in [-0.4, -0.2) is 62.4 Å². The summed E-state index contributed by atoms with van der Waals surface area (Å²) in [7, 11) is -4.53. The Morgan fingerprint density at radius 1 is 1.29 bits per heavy atom. The number of carbonyl (C=O) groups excluding carboxylic acids is 1. The minimum atomic E-state index is -4.53. The van der Waals surface area contributed by atoms with Gasteiger partial charge in [-0.05, 0) is 49.9 Å². The van der Waals surface area contributed by atoms with Gasteiger partial charge in [0.15, 0.2) is 6.23 Å². The highest BCUT2D eigenvalue weighted by Gasteiger charge is 2.56. The molecule has 5 N–H and O–H groups in total. The molecule has 1 aliphatic heterocycles. The number of para-hydroxylation sites is 1. The lowest BCUT2D eigenvalue weighted by atomic mass is 10.0. The van der Waals surface area contributed by atoms with Crippen molar-refractivity contribution in [1.29, 1.82) is 0 Å². The van der Waals surface area contributed by atoms with Crippen molar-refractivity contribution in [2.45, 2.75) is 70.4 Å². The first-order valence-electron chi connectivity index (χ1n) is 12.7. The molecule has 0 saturated carbocycles. The van der Waals surface area contributed by atoms with Crippen molar-refractivity contribution in [2.75, 3.05) is 12.3 Å². The maximum absolute atomic E-state index is 14.1. The third kappa shape index (κ3) is 8.05. The lowest BCUT2D eigenvalue weighted by Crippen LogP contribution is -2.46. The summed E-state index contributed by atoms with van der Waals surface area (Å²) in [6, 6.07) is 8.02. The first-order chi connectivity index (χ1) is 19.3. The average Bonchev–Trinajstić information content (AvgIpc) is 3.13. The largest absolute Gasteiger partial charge is 0.462 e. The van der Waals surface area contributed by atoms with Crippen LogP contribution in [0.25, 0.3) is 10.4 Å². The zero-order chi connectivity index (χ0) is 30.4. The highest BCUT2D eigenvalue weighted by atomic mass is 31.2. The Labute approximate surface area is 235 Å². The number of aliphatic hydroxyl groups excluding tert-OH is 2. The number of anilines is 1. The molecule has 41 heavy (non-hydrogen) atoms. The van der Waals surface area contributed by atoms with Gasteiger partial charge in [0.05, 0.1) is 12.7 Å². The van der Waals surface area contributed by atoms with Gasteiger partial charge in [-0.2, -0.15) is 10.1 Å². The molecule has 17 heteroatoms. The number of hydrogen-bond acceptors (Lipinski definition) is 12. The quantitative estimate of drug-likeness (QED) is 0.0858. The molecule has 0 aliphatic carbocycles. The number of azide groups is 1. The molecule has 1 aromatic heterocycles. The van der Waals surface area contributed by atoms with E-state index < -0.39 is 62.3 Å². The minimum absolute atomic E-state index is 0.0466. The number of esters is 1. The summed E-state index contributed by atoms with van der Waals surface area (Å²) in [6.07, 6.45) is -4.48. The third-order valence-corrected chi connectivity index (χ3v) is 7.36. The predicted octanol–water partition coefficient (Wildman–Crippen LogP) is 2.24. The zero-order valence-electron chi connectivity index (χ0n) is 22.9. The number of nitrogens with zero attached hydrogens (tertiary/aromatic N) is 5. The van der Waals surface area contributed by atoms with Crippen LogP contribution in [0.1, 0.15) is 40.3 Å². The van der Waals surface area contributed by atoms with Crippen LogP contribution in [0.5, 0.6) is 5.75 Å². The van der Waals surface area contributed by atoms with E-state index >= 15 is 0 Å². The number of carbonyl (C=O) groups is 1. The molecule has 0 radical (unpaired) electrons. The summed E-state index contributed by atoms with van der Waals surface area (Å²) in [5.41, 5.74) is 11.5. The van der Waals surface area contributed by atoms with Crippen LogP contribution < -0.4 is 21.0 Å². The van der Waals surface area contributed by atoms with E-state index in [1.165, 1.54) is 24.4 Å². The molecule has 2 aromatic rings. The van der Waals surface area contributed by atoms with E-state index in [4.69, 9.17) is 24.3 Å². The topological polar surface area (TPSA) is 233 Å². The van der Waals surface area contributed by atoms with Crippen molar-refractivity contribution in [1.82, 2.24) is 14.6 Å². The first kappa shape index (κ1) is 32.0. The lowest BCUT2D eigenvalue weighted by Gasteiger charge is -2.30. The van der Waals surface area contributed by atoms with Crippen LogP contribution in [0.3, 0.4) is 0 Å². The molecule has 0 spiro atoms. The molecule has 1 fully saturated rings. The number of ether oxygens (including phenoxy) is 2. The fourth-order valence-corrected chi connectivity index (χ4v) is 5.51. The molecule has 0 bridgehead atoms. The molecule has 2 heterocycles. The summed E-state index contributed by atoms with van der Waals surface area (Å²) in [4.78, 5) is 31.5. The Kier molecular flexibility index (Phi) is 10.5. The van der Waals surface area contributed by atoms with Gasteiger partial charge in [-0.15, -0.1) is 0 Å². The number of aliphatic hydroxyl groups is 2. The van der Waals surface area contributed by atoms with E-state index in [1.807, 2.05) is 13.8 Å². The summed E-state index contributed by atoms with van der Waals surface area (Å²) in [5.74, 6) is -0.746. The Morgan fingerprint density at radius 3 is 2.56 bits per heavy atom. The second kappa shape index (κ2) is 13.4. The summed E-state index contributed by atoms with van der Waals surface area (Å²) in [5, 5.41) is 27.7. The Hall–Kier alpha value is -3.49. The monoisotopic (exact) mass is 595 g/mol. The number of nitrogens with two attached hydrogens (primary N) is 1. The Balaban J connectivity index is 1.96. The van der Waals surface area contributed by atoms with Crippen molar-refractivity contribution >= 4 is 19.5 Å². The van der Waals surface area contributed by atoms with E-state index in [0.29, 0.717) is 0 Å². The van der Waals surface area contributed by atoms with E-state index in [0.717, 1.165) is 4.57 Å². The lowest BCUT2D eigenvalue weighted by molar-refractivity contribution is -0.150. The van der Waals surface area contributed by atoms with Gasteiger partial charge >= 0.3 is 19.4 Å². The summed E-state index contributed by atoms with van der Waals surface area (Å²) in [6.45, 7) is 6.07. The van der Waals surface area contributed by atoms with E-state index in [1.54, 1.807) is 32.0 Å². The van der Waals surface area contributed by atoms with Crippen molar-refractivity contribution in [3.63, 3.8) is 0 Å². The van der Waals surface area contributed by atoms with Crippen LogP contribution in [0.2, 0.25) is 0 Å². The zero-order valence-corrected chi connectivity index (χ0v) is 23.8. The fourth-order valence-electron chi connectivity index (χ4n) is 3.98. The number of hydrogen-bond donors (Lipinski definition) is 4. The molecular weight excluding hydrogens is 561 g/mol. The van der Waals surface area contributed by atoms with Gasteiger partial charge in [0, 0.05) is 11.1 Å². The first-order valence-corrected chi connectivity index (χ1v) is 14.3. The summed E-state index contributed by atoms with van der Waals surface area (Å²) < 4.78 is 37.2. The van der Waals surface area contributed by atoms with Crippen molar-refractivity contribution in [3.05, 3.63) is 63.5 Å². The molecule has 6 atom stereocenters. The van der Waals surface area contributed by atoms with Crippen molar-refractivity contribution in [3.8, 4) is 5.75 Å². The van der Waals surface area contributed by atoms with Gasteiger partial charge in [-0.1, -0.05) is 37.2 Å². The predicted molar refractivity (Wildman–Crippen MR) is 145 cm³/mol. The molecular formula is C24H34N7O9P. The van der Waals surface area contributed by atoms with Gasteiger partial charge in [-0.3, -0.25) is 13.9 Å². The highest BCUT2D eigenvalue weighted by Crippen LogP contribution is 2.48. The van der Waals surface area contributed by atoms with Gasteiger partial charge in [0.25, 0.3) is 0 Å². The smallest absolute Gasteiger partial charge is 0.459 e. The molecule has 1 saturated heterocycles. The standard InChI is InChI=1S/C24H34N7O9P/c1-14(2)12-17(22(34)38-15(3)4)28-41(36,40-16-8-6-5-7-9-16)37-13-24(29-30-26)20(33)19(32)21(39-24)31-11-10-18(25)27-23(31)35/h5-11,14-15,17,19-21,32-33H,12-13H2,1-4H3,(H,28,36)(H2,25,27,35)/t17-,19+,20-,21+,24?,41?/m0/s1. The number of aromatic nitrogens is 2. The molecule has 3 rings (SSSR count). The summed E-state index contributed by atoms with van der Waals surface area (Å²) >= 11 is 0. The molecule has 0 amide bonds. The van der Waals surface area contributed by atoms with Crippen molar-refractivity contribution < 1.29 is 38.1 Å². The average molecular weight is 596 g/mol. The van der Waals surface area contributed by atoms with Crippen LogP contribution in [0, 0.1) is 5.92 Å². The van der Waals surface area contributed by atoms with Crippen LogP contribution in [0.4, 0.5) is 5.82 Å². The molecule has 2 unspecified atom stereocenters. The highest BCUT2D eigenvalue weighted by molar-refractivity contribution is 7.52. The second-order valence-electron chi connectivity index (χ2n) is 9.99. The molecule has 16 nitrogen and oxygen atoms in total. The van der Waals surface area contributed by atoms with Crippen LogP contribution in [0.15, 0.2) is 52.5 Å². The number of benzene rings is 1. The van der Waals surface area contributed by atoms with Gasteiger partial charge in [0.2, 0.25) is 5.72 Å². The normalized spacial score (nSPS) is 24.4. The van der Waals surface area contributed by atoms with E-state index in [2.05, 4.69) is 20.1 Å².